The summed E-state index contributed by atoms with van der Waals surface area (Å²) in [7, 11) is -3.61. The summed E-state index contributed by atoms with van der Waals surface area (Å²) < 4.78 is 7.25. The normalized spacial score (nSPS) is 14.1. The number of hydrogen-bond donors (Lipinski definition) is 0. The largest absolute Gasteiger partial charge is 0.415 e. The van der Waals surface area contributed by atoms with E-state index < -0.39 is 16.4 Å². The minimum Gasteiger partial charge on any atom is -0.415 e. The maximum atomic E-state index is 7.25. The highest BCUT2D eigenvalue weighted by atomic mass is 28.4. The lowest BCUT2D eigenvalue weighted by Gasteiger charge is -2.44. The van der Waals surface area contributed by atoms with Crippen LogP contribution in [0.5, 0.6) is 0 Å². The van der Waals surface area contributed by atoms with Gasteiger partial charge in [-0.1, -0.05) is 115 Å². The van der Waals surface area contributed by atoms with Crippen molar-refractivity contribution in [3.63, 3.8) is 0 Å². The third-order valence-corrected chi connectivity index (χ3v) is 16.1. The lowest BCUT2D eigenvalue weighted by Crippen LogP contribution is -2.49. The predicted octanol–water partition coefficient (Wildman–Crippen LogP) is 9.70. The van der Waals surface area contributed by atoms with E-state index in [9.17, 15) is 0 Å². The fourth-order valence-electron chi connectivity index (χ4n) is 6.03. The molecule has 3 heteroatoms. The highest BCUT2D eigenvalue weighted by Gasteiger charge is 2.46. The van der Waals surface area contributed by atoms with E-state index in [-0.39, 0.29) is 5.92 Å². The van der Waals surface area contributed by atoms with Crippen molar-refractivity contribution in [1.82, 2.24) is 0 Å². The van der Waals surface area contributed by atoms with Crippen molar-refractivity contribution in [2.45, 2.75) is 83.7 Å². The molecule has 1 nitrogen and oxygen atoms in total. The highest BCUT2D eigenvalue weighted by molar-refractivity contribution is 6.83. The summed E-state index contributed by atoms with van der Waals surface area (Å²) in [5, 5.41) is 6.69. The van der Waals surface area contributed by atoms with Crippen molar-refractivity contribution in [3.8, 4) is 0 Å². The van der Waals surface area contributed by atoms with Crippen molar-refractivity contribution in [2.24, 2.45) is 0 Å². The molecule has 0 spiro atoms. The second-order valence-corrected chi connectivity index (χ2v) is 22.3. The summed E-state index contributed by atoms with van der Waals surface area (Å²) in [4.78, 5) is 0. The lowest BCUT2D eigenvalue weighted by atomic mass is 9.88. The molecular formula is C30H44OSi2. The summed E-state index contributed by atoms with van der Waals surface area (Å²) in [5.41, 5.74) is 3.13. The SMILES string of the molecule is C=C([C@H](CO[Si](C(C)C)(C(C)C)C(C)C)c1c2ccccc2cc2ccccc12)[Si](C)(C)C. The summed E-state index contributed by atoms with van der Waals surface area (Å²) >= 11 is 0. The molecule has 0 aliphatic rings. The van der Waals surface area contributed by atoms with Crippen molar-refractivity contribution >= 4 is 37.9 Å². The molecule has 3 aromatic rings. The Labute approximate surface area is 204 Å². The van der Waals surface area contributed by atoms with Crippen LogP contribution in [-0.4, -0.2) is 23.0 Å². The van der Waals surface area contributed by atoms with E-state index in [2.05, 4.69) is 116 Å². The minimum absolute atomic E-state index is 0.204. The quantitative estimate of drug-likeness (QED) is 0.220. The number of fused-ring (bicyclic) bond motifs is 2. The Balaban J connectivity index is 2.25. The van der Waals surface area contributed by atoms with Gasteiger partial charge in [0.1, 0.15) is 0 Å². The summed E-state index contributed by atoms with van der Waals surface area (Å²) in [6, 6.07) is 20.0. The summed E-state index contributed by atoms with van der Waals surface area (Å²) in [5.74, 6) is 0.204. The van der Waals surface area contributed by atoms with Crippen LogP contribution in [0.25, 0.3) is 21.5 Å². The van der Waals surface area contributed by atoms with E-state index in [4.69, 9.17) is 11.0 Å². The number of hydrogen-bond acceptors (Lipinski definition) is 1. The Kier molecular flexibility index (Phi) is 7.77. The molecule has 178 valence electrons. The van der Waals surface area contributed by atoms with Crippen LogP contribution in [0.15, 0.2) is 66.4 Å². The average Bonchev–Trinajstić information content (AvgIpc) is 2.73. The molecule has 0 unspecified atom stereocenters. The number of rotatable bonds is 9. The Morgan fingerprint density at radius 1 is 0.758 bits per heavy atom. The second-order valence-electron chi connectivity index (χ2n) is 11.7. The van der Waals surface area contributed by atoms with Gasteiger partial charge in [-0.05, 0) is 49.8 Å². The van der Waals surface area contributed by atoms with Gasteiger partial charge in [-0.2, -0.15) is 0 Å². The smallest absolute Gasteiger partial charge is 0.200 e. The van der Waals surface area contributed by atoms with Crippen LogP contribution in [0, 0.1) is 0 Å². The standard InChI is InChI=1S/C30H44OSi2/c1-21(2)33(22(3)4,23(5)6)31-20-29(24(7)32(8,9)10)30-27-17-13-11-15-25(27)19-26-16-12-14-18-28(26)30/h11-19,21-23,29H,7,20H2,1-6,8-10H3/t29-/m0/s1. The van der Waals surface area contributed by atoms with E-state index >= 15 is 0 Å². The van der Waals surface area contributed by atoms with Gasteiger partial charge in [-0.15, -0.1) is 6.58 Å². The third kappa shape index (κ3) is 4.92. The Morgan fingerprint density at radius 3 is 1.58 bits per heavy atom. The third-order valence-electron chi connectivity index (χ3n) is 7.75. The zero-order chi connectivity index (χ0) is 24.6. The molecule has 0 saturated heterocycles. The minimum atomic E-state index is -1.99. The molecule has 3 rings (SSSR count). The van der Waals surface area contributed by atoms with Crippen LogP contribution in [-0.2, 0) is 4.43 Å². The van der Waals surface area contributed by atoms with E-state index in [1.807, 2.05) is 0 Å². The molecule has 0 amide bonds. The highest BCUT2D eigenvalue weighted by Crippen LogP contribution is 2.45. The van der Waals surface area contributed by atoms with E-state index in [1.54, 1.807) is 0 Å². The maximum absolute atomic E-state index is 7.25. The first kappa shape index (κ1) is 25.9. The van der Waals surface area contributed by atoms with Gasteiger partial charge in [-0.3, -0.25) is 0 Å². The van der Waals surface area contributed by atoms with E-state index in [0.29, 0.717) is 16.6 Å². The zero-order valence-electron chi connectivity index (χ0n) is 22.3. The van der Waals surface area contributed by atoms with E-state index in [0.717, 1.165) is 6.61 Å². The van der Waals surface area contributed by atoms with E-state index in [1.165, 1.54) is 32.3 Å². The molecule has 0 bridgehead atoms. The van der Waals surface area contributed by atoms with Gasteiger partial charge in [0.15, 0.2) is 8.32 Å². The molecule has 0 N–H and O–H groups in total. The molecule has 0 aliphatic heterocycles. The maximum Gasteiger partial charge on any atom is 0.200 e. The molecule has 1 atom stereocenters. The fourth-order valence-corrected chi connectivity index (χ4v) is 12.8. The van der Waals surface area contributed by atoms with Gasteiger partial charge < -0.3 is 4.43 Å². The van der Waals surface area contributed by atoms with Gasteiger partial charge in [0.2, 0.25) is 0 Å². The lowest BCUT2D eigenvalue weighted by molar-refractivity contribution is 0.267. The molecule has 0 saturated carbocycles. The Hall–Kier alpha value is -1.69. The van der Waals surface area contributed by atoms with Crippen molar-refractivity contribution in [1.29, 1.82) is 0 Å². The molecule has 0 aromatic heterocycles. The first-order valence-electron chi connectivity index (χ1n) is 12.6. The number of benzene rings is 3. The van der Waals surface area contributed by atoms with Crippen LogP contribution in [0.2, 0.25) is 36.3 Å². The summed E-state index contributed by atoms with van der Waals surface area (Å²) in [6.07, 6.45) is 0. The van der Waals surface area contributed by atoms with Crippen molar-refractivity contribution < 1.29 is 4.43 Å². The fraction of sp³-hybridized carbons (Fsp3) is 0.467. The van der Waals surface area contributed by atoms with Crippen LogP contribution in [0.1, 0.15) is 53.0 Å². The van der Waals surface area contributed by atoms with Crippen LogP contribution >= 0.6 is 0 Å². The molecular weight excluding hydrogens is 433 g/mol. The van der Waals surface area contributed by atoms with Gasteiger partial charge in [0.05, 0.1) is 8.07 Å². The van der Waals surface area contributed by atoms with Gasteiger partial charge in [-0.25, -0.2) is 0 Å². The topological polar surface area (TPSA) is 9.23 Å². The molecule has 0 fully saturated rings. The second kappa shape index (κ2) is 9.89. The van der Waals surface area contributed by atoms with Crippen LogP contribution < -0.4 is 0 Å². The summed E-state index contributed by atoms with van der Waals surface area (Å²) in [6.45, 7) is 27.0. The molecule has 3 aromatic carbocycles. The van der Waals surface area contributed by atoms with Crippen molar-refractivity contribution in [2.75, 3.05) is 6.61 Å². The van der Waals surface area contributed by atoms with Gasteiger partial charge in [0.25, 0.3) is 0 Å². The van der Waals surface area contributed by atoms with Crippen LogP contribution in [0.3, 0.4) is 0 Å². The predicted molar refractivity (Wildman–Crippen MR) is 154 cm³/mol. The zero-order valence-corrected chi connectivity index (χ0v) is 24.3. The molecule has 33 heavy (non-hydrogen) atoms. The molecule has 0 heterocycles. The Morgan fingerprint density at radius 2 is 1.18 bits per heavy atom. The Bertz CT molecular complexity index is 1050. The molecule has 0 radical (unpaired) electrons. The van der Waals surface area contributed by atoms with Crippen LogP contribution in [0.4, 0.5) is 0 Å². The first-order chi connectivity index (χ1) is 15.4. The van der Waals surface area contributed by atoms with Gasteiger partial charge in [0, 0.05) is 12.5 Å². The van der Waals surface area contributed by atoms with Gasteiger partial charge >= 0.3 is 0 Å². The first-order valence-corrected chi connectivity index (χ1v) is 18.3. The average molecular weight is 477 g/mol. The van der Waals surface area contributed by atoms with Crippen molar-refractivity contribution in [3.05, 3.63) is 71.9 Å². The monoisotopic (exact) mass is 476 g/mol. The molecule has 0 aliphatic carbocycles.